The van der Waals surface area contributed by atoms with Crippen molar-refractivity contribution in [2.24, 2.45) is 5.92 Å². The number of aromatic nitrogens is 1. The van der Waals surface area contributed by atoms with Crippen LogP contribution in [0.3, 0.4) is 0 Å². The molecule has 0 spiro atoms. The largest absolute Gasteiger partial charge is 0.393 e. The number of aliphatic hydroxyl groups is 1. The minimum Gasteiger partial charge on any atom is -0.393 e. The molecule has 0 saturated carbocycles. The lowest BCUT2D eigenvalue weighted by Crippen LogP contribution is -2.30. The Morgan fingerprint density at radius 1 is 1.67 bits per heavy atom. The lowest BCUT2D eigenvalue weighted by atomic mass is 10.0. The van der Waals surface area contributed by atoms with Crippen LogP contribution in [0.5, 0.6) is 0 Å². The lowest BCUT2D eigenvalue weighted by molar-refractivity contribution is 0.0762. The van der Waals surface area contributed by atoms with Gasteiger partial charge in [0.25, 0.3) is 5.91 Å². The van der Waals surface area contributed by atoms with Crippen molar-refractivity contribution < 1.29 is 9.90 Å². The zero-order valence-electron chi connectivity index (χ0n) is 10.1. The van der Waals surface area contributed by atoms with Gasteiger partial charge in [0.2, 0.25) is 0 Å². The number of halogens is 1. The van der Waals surface area contributed by atoms with Crippen molar-refractivity contribution in [3.05, 3.63) is 22.8 Å². The predicted molar refractivity (Wildman–Crippen MR) is 69.4 cm³/mol. The van der Waals surface area contributed by atoms with Crippen LogP contribution >= 0.6 is 11.6 Å². The van der Waals surface area contributed by atoms with Crippen molar-refractivity contribution in [1.82, 2.24) is 9.88 Å². The van der Waals surface area contributed by atoms with E-state index < -0.39 is 6.10 Å². The molecule has 1 fully saturated rings. The average Bonchev–Trinajstić information content (AvgIpc) is 2.75. The smallest absolute Gasteiger partial charge is 0.254 e. The summed E-state index contributed by atoms with van der Waals surface area (Å²) >= 11 is 5.78. The summed E-state index contributed by atoms with van der Waals surface area (Å²) in [5.74, 6) is 0.259. The van der Waals surface area contributed by atoms with Crippen molar-refractivity contribution in [1.29, 1.82) is 0 Å². The highest BCUT2D eigenvalue weighted by Gasteiger charge is 2.29. The molecular weight excluding hydrogens is 254 g/mol. The molecule has 0 radical (unpaired) electrons. The Morgan fingerprint density at radius 2 is 2.39 bits per heavy atom. The number of likely N-dealkylation sites (tertiary alicyclic amines) is 1. The summed E-state index contributed by atoms with van der Waals surface area (Å²) in [6.45, 7) is 2.96. The first-order valence-electron chi connectivity index (χ1n) is 5.88. The molecule has 2 heterocycles. The molecular formula is C12H16ClN3O2. The van der Waals surface area contributed by atoms with Gasteiger partial charge in [0.15, 0.2) is 0 Å². The van der Waals surface area contributed by atoms with E-state index in [4.69, 9.17) is 17.3 Å². The maximum Gasteiger partial charge on any atom is 0.254 e. The Kier molecular flexibility index (Phi) is 3.73. The summed E-state index contributed by atoms with van der Waals surface area (Å²) in [6.07, 6.45) is 0.423. The number of aliphatic hydroxyl groups excluding tert-OH is 1. The molecule has 18 heavy (non-hydrogen) atoms. The van der Waals surface area contributed by atoms with Gasteiger partial charge in [-0.15, -0.1) is 0 Å². The van der Waals surface area contributed by atoms with E-state index in [2.05, 4.69) is 4.98 Å². The van der Waals surface area contributed by atoms with Crippen molar-refractivity contribution in [3.8, 4) is 0 Å². The number of anilines is 1. The van der Waals surface area contributed by atoms with Gasteiger partial charge in [0.1, 0.15) is 11.0 Å². The molecule has 1 saturated heterocycles. The van der Waals surface area contributed by atoms with Crippen molar-refractivity contribution in [2.45, 2.75) is 19.4 Å². The van der Waals surface area contributed by atoms with E-state index in [0.29, 0.717) is 18.7 Å². The van der Waals surface area contributed by atoms with Crippen LogP contribution in [0.1, 0.15) is 23.7 Å². The molecule has 98 valence electrons. The van der Waals surface area contributed by atoms with Gasteiger partial charge in [-0.2, -0.15) is 0 Å². The van der Waals surface area contributed by atoms with Crippen LogP contribution < -0.4 is 5.73 Å². The fourth-order valence-corrected chi connectivity index (χ4v) is 2.40. The molecule has 1 aromatic rings. The average molecular weight is 270 g/mol. The Morgan fingerprint density at radius 3 is 2.94 bits per heavy atom. The molecule has 6 heteroatoms. The number of carbonyl (C=O) groups excluding carboxylic acids is 1. The van der Waals surface area contributed by atoms with Crippen LogP contribution in [0, 0.1) is 5.92 Å². The quantitative estimate of drug-likeness (QED) is 0.790. The summed E-state index contributed by atoms with van der Waals surface area (Å²) in [7, 11) is 0. The number of hydrogen-bond acceptors (Lipinski definition) is 4. The number of nitrogens with zero attached hydrogens (tertiary/aromatic N) is 2. The summed E-state index contributed by atoms with van der Waals surface area (Å²) < 4.78 is 0. The SMILES string of the molecule is CC(O)C1CCN(C(=O)c2cc(N)nc(Cl)c2)C1. The molecule has 5 nitrogen and oxygen atoms in total. The maximum atomic E-state index is 12.2. The van der Waals surface area contributed by atoms with Crippen LogP contribution in [-0.4, -0.2) is 40.1 Å². The highest BCUT2D eigenvalue weighted by molar-refractivity contribution is 6.29. The number of pyridine rings is 1. The minimum absolute atomic E-state index is 0.117. The highest BCUT2D eigenvalue weighted by atomic mass is 35.5. The third-order valence-electron chi connectivity index (χ3n) is 3.25. The van der Waals surface area contributed by atoms with Crippen molar-refractivity contribution in [2.75, 3.05) is 18.8 Å². The Labute approximate surface area is 111 Å². The van der Waals surface area contributed by atoms with Crippen LogP contribution in [0.25, 0.3) is 0 Å². The molecule has 0 bridgehead atoms. The second kappa shape index (κ2) is 5.12. The van der Waals surface area contributed by atoms with Crippen LogP contribution in [0.2, 0.25) is 5.15 Å². The van der Waals surface area contributed by atoms with Crippen molar-refractivity contribution >= 4 is 23.3 Å². The van der Waals surface area contributed by atoms with Gasteiger partial charge < -0.3 is 15.7 Å². The molecule has 0 aromatic carbocycles. The summed E-state index contributed by atoms with van der Waals surface area (Å²) in [4.78, 5) is 17.8. The van der Waals surface area contributed by atoms with Gasteiger partial charge in [0, 0.05) is 24.6 Å². The van der Waals surface area contributed by atoms with Gasteiger partial charge in [-0.1, -0.05) is 11.6 Å². The molecule has 0 aliphatic carbocycles. The second-order valence-electron chi connectivity index (χ2n) is 4.64. The molecule has 1 aromatic heterocycles. The van der Waals surface area contributed by atoms with Gasteiger partial charge in [-0.25, -0.2) is 4.98 Å². The van der Waals surface area contributed by atoms with E-state index in [-0.39, 0.29) is 22.8 Å². The fraction of sp³-hybridized carbons (Fsp3) is 0.500. The van der Waals surface area contributed by atoms with E-state index in [9.17, 15) is 9.90 Å². The third kappa shape index (κ3) is 2.73. The summed E-state index contributed by atoms with van der Waals surface area (Å²) in [5.41, 5.74) is 6.01. The van der Waals surface area contributed by atoms with Crippen molar-refractivity contribution in [3.63, 3.8) is 0 Å². The Balaban J connectivity index is 2.12. The fourth-order valence-electron chi connectivity index (χ4n) is 2.19. The third-order valence-corrected chi connectivity index (χ3v) is 3.45. The van der Waals surface area contributed by atoms with Crippen LogP contribution in [0.15, 0.2) is 12.1 Å². The van der Waals surface area contributed by atoms with Crippen LogP contribution in [-0.2, 0) is 0 Å². The zero-order chi connectivity index (χ0) is 13.3. The van der Waals surface area contributed by atoms with E-state index in [1.807, 2.05) is 0 Å². The van der Waals surface area contributed by atoms with E-state index >= 15 is 0 Å². The molecule has 2 rings (SSSR count). The molecule has 1 aliphatic rings. The zero-order valence-corrected chi connectivity index (χ0v) is 10.9. The Hall–Kier alpha value is -1.33. The maximum absolute atomic E-state index is 12.2. The summed E-state index contributed by atoms with van der Waals surface area (Å²) in [6, 6.07) is 3.03. The number of hydrogen-bond donors (Lipinski definition) is 2. The number of carbonyl (C=O) groups is 1. The molecule has 1 aliphatic heterocycles. The molecule has 2 unspecified atom stereocenters. The topological polar surface area (TPSA) is 79.5 Å². The van der Waals surface area contributed by atoms with E-state index in [1.165, 1.54) is 12.1 Å². The first-order chi connectivity index (χ1) is 8.47. The number of rotatable bonds is 2. The molecule has 3 N–H and O–H groups in total. The monoisotopic (exact) mass is 269 g/mol. The Bertz CT molecular complexity index is 444. The van der Waals surface area contributed by atoms with E-state index in [1.54, 1.807) is 11.8 Å². The van der Waals surface area contributed by atoms with Gasteiger partial charge in [-0.05, 0) is 25.5 Å². The van der Waals surface area contributed by atoms with Gasteiger partial charge in [-0.3, -0.25) is 4.79 Å². The molecule has 1 amide bonds. The van der Waals surface area contributed by atoms with Gasteiger partial charge >= 0.3 is 0 Å². The first-order valence-corrected chi connectivity index (χ1v) is 6.25. The number of nitrogens with two attached hydrogens (primary N) is 1. The summed E-state index contributed by atoms with van der Waals surface area (Å²) in [5, 5.41) is 9.73. The lowest BCUT2D eigenvalue weighted by Gasteiger charge is -2.18. The first kappa shape index (κ1) is 13.1. The van der Waals surface area contributed by atoms with Crippen LogP contribution in [0.4, 0.5) is 5.82 Å². The highest BCUT2D eigenvalue weighted by Crippen LogP contribution is 2.22. The number of amides is 1. The normalized spacial score (nSPS) is 21.1. The minimum atomic E-state index is -0.395. The second-order valence-corrected chi connectivity index (χ2v) is 5.03. The van der Waals surface area contributed by atoms with Gasteiger partial charge in [0.05, 0.1) is 6.10 Å². The van der Waals surface area contributed by atoms with E-state index in [0.717, 1.165) is 6.42 Å². The number of nitrogen functional groups attached to an aromatic ring is 1. The molecule has 2 atom stereocenters. The predicted octanol–water partition coefficient (Wildman–Crippen LogP) is 1.16. The standard InChI is InChI=1S/C12H16ClN3O2/c1-7(17)8-2-3-16(6-8)12(18)9-4-10(13)15-11(14)5-9/h4-5,7-8,17H,2-3,6H2,1H3,(H2,14,15).